The van der Waals surface area contributed by atoms with Crippen molar-refractivity contribution in [2.45, 2.75) is 26.3 Å². The number of benzene rings is 2. The molecule has 0 unspecified atom stereocenters. The van der Waals surface area contributed by atoms with Gasteiger partial charge < -0.3 is 5.32 Å². The third-order valence-electron chi connectivity index (χ3n) is 4.86. The molecule has 1 amide bonds. The van der Waals surface area contributed by atoms with Crippen molar-refractivity contribution in [2.75, 3.05) is 5.32 Å². The first-order chi connectivity index (χ1) is 13.9. The van der Waals surface area contributed by atoms with Crippen LogP contribution in [-0.2, 0) is 4.79 Å². The summed E-state index contributed by atoms with van der Waals surface area (Å²) in [5.74, 6) is -0.874. The molecule has 2 aromatic heterocycles. The smallest absolute Gasteiger partial charge is 0.273 e. The number of aryl methyl sites for hydroxylation is 1. The number of aromatic nitrogens is 3. The van der Waals surface area contributed by atoms with E-state index in [1.54, 1.807) is 17.5 Å². The Morgan fingerprint density at radius 1 is 1.24 bits per heavy atom. The average Bonchev–Trinajstić information content (AvgIpc) is 3.00. The lowest BCUT2D eigenvalue weighted by atomic mass is 10.2. The van der Waals surface area contributed by atoms with Gasteiger partial charge in [-0.3, -0.25) is 14.3 Å². The van der Waals surface area contributed by atoms with Gasteiger partial charge in [-0.15, -0.1) is 0 Å². The van der Waals surface area contributed by atoms with Crippen LogP contribution in [0.15, 0.2) is 57.8 Å². The van der Waals surface area contributed by atoms with Crippen molar-refractivity contribution < 1.29 is 9.18 Å². The number of hydrogen-bond acceptors (Lipinski definition) is 3. The minimum atomic E-state index is -0.636. The summed E-state index contributed by atoms with van der Waals surface area (Å²) in [6.07, 6.45) is 0.462. The largest absolute Gasteiger partial charge is 0.322 e. The SMILES string of the molecule is CC[C@H](C(=O)Nc1ccc(Br)cc1F)n1c2ccccc2c2nc(=O)cc(C)n21. The molecule has 8 heteroatoms. The Bertz CT molecular complexity index is 1310. The van der Waals surface area contributed by atoms with Gasteiger partial charge in [-0.05, 0) is 43.7 Å². The molecule has 6 nitrogen and oxygen atoms in total. The number of carbonyl (C=O) groups excluding carboxylic acids is 1. The Morgan fingerprint density at radius 2 is 2.00 bits per heavy atom. The van der Waals surface area contributed by atoms with Gasteiger partial charge in [0, 0.05) is 21.6 Å². The molecule has 29 heavy (non-hydrogen) atoms. The van der Waals surface area contributed by atoms with Crippen LogP contribution in [0, 0.1) is 12.7 Å². The summed E-state index contributed by atoms with van der Waals surface area (Å²) in [5.41, 5.74) is 1.70. The molecule has 0 radical (unpaired) electrons. The van der Waals surface area contributed by atoms with E-state index in [4.69, 9.17) is 0 Å². The average molecular weight is 457 g/mol. The van der Waals surface area contributed by atoms with Gasteiger partial charge in [0.1, 0.15) is 11.9 Å². The quantitative estimate of drug-likeness (QED) is 0.493. The van der Waals surface area contributed by atoms with Gasteiger partial charge in [0.15, 0.2) is 5.65 Å². The van der Waals surface area contributed by atoms with E-state index in [9.17, 15) is 14.0 Å². The van der Waals surface area contributed by atoms with Crippen LogP contribution in [0.1, 0.15) is 25.1 Å². The Hall–Kier alpha value is -3.00. The second-order valence-corrected chi connectivity index (χ2v) is 7.69. The first-order valence-electron chi connectivity index (χ1n) is 9.16. The molecule has 0 saturated carbocycles. The van der Waals surface area contributed by atoms with Crippen molar-refractivity contribution in [3.05, 3.63) is 74.9 Å². The molecule has 4 rings (SSSR count). The van der Waals surface area contributed by atoms with Crippen molar-refractivity contribution in [3.63, 3.8) is 0 Å². The zero-order valence-corrected chi connectivity index (χ0v) is 17.4. The predicted octanol–water partition coefficient (Wildman–Crippen LogP) is 4.45. The Balaban J connectivity index is 1.88. The van der Waals surface area contributed by atoms with Crippen LogP contribution in [0.4, 0.5) is 10.1 Å². The van der Waals surface area contributed by atoms with Crippen LogP contribution >= 0.6 is 15.9 Å². The molecule has 0 saturated heterocycles. The predicted molar refractivity (Wildman–Crippen MR) is 114 cm³/mol. The number of nitrogens with one attached hydrogen (secondary N) is 1. The highest BCUT2D eigenvalue weighted by Crippen LogP contribution is 2.28. The highest BCUT2D eigenvalue weighted by atomic mass is 79.9. The molecule has 2 heterocycles. The van der Waals surface area contributed by atoms with Crippen LogP contribution in [0.25, 0.3) is 16.6 Å². The maximum Gasteiger partial charge on any atom is 0.273 e. The third kappa shape index (κ3) is 3.33. The number of anilines is 1. The molecule has 0 aliphatic heterocycles. The zero-order valence-electron chi connectivity index (χ0n) is 15.8. The van der Waals surface area contributed by atoms with Crippen LogP contribution in [0.2, 0.25) is 0 Å². The first kappa shape index (κ1) is 19.3. The molecule has 1 atom stereocenters. The van der Waals surface area contributed by atoms with Crippen molar-refractivity contribution >= 4 is 44.1 Å². The summed E-state index contributed by atoms with van der Waals surface area (Å²) in [5, 5.41) is 3.46. The fourth-order valence-corrected chi connectivity index (χ4v) is 3.92. The Kier molecular flexibility index (Phi) is 4.96. The summed E-state index contributed by atoms with van der Waals surface area (Å²) in [7, 11) is 0. The molecule has 0 spiro atoms. The fourth-order valence-electron chi connectivity index (χ4n) is 3.59. The number of fused-ring (bicyclic) bond motifs is 3. The minimum absolute atomic E-state index is 0.110. The van der Waals surface area contributed by atoms with E-state index in [-0.39, 0.29) is 17.2 Å². The van der Waals surface area contributed by atoms with E-state index in [1.165, 1.54) is 18.2 Å². The maximum absolute atomic E-state index is 14.2. The lowest BCUT2D eigenvalue weighted by Crippen LogP contribution is -2.29. The van der Waals surface area contributed by atoms with Gasteiger partial charge in [0.25, 0.3) is 5.56 Å². The highest BCUT2D eigenvalue weighted by molar-refractivity contribution is 9.10. The first-order valence-corrected chi connectivity index (χ1v) is 9.95. The topological polar surface area (TPSA) is 68.4 Å². The number of amides is 1. The molecule has 0 bridgehead atoms. The van der Waals surface area contributed by atoms with Crippen LogP contribution in [0.3, 0.4) is 0 Å². The number of hydrogen-bond donors (Lipinski definition) is 1. The Labute approximate surface area is 174 Å². The lowest BCUT2D eigenvalue weighted by Gasteiger charge is -2.20. The lowest BCUT2D eigenvalue weighted by molar-refractivity contribution is -0.119. The number of para-hydroxylation sites is 1. The summed E-state index contributed by atoms with van der Waals surface area (Å²) in [6, 6.07) is 12.7. The van der Waals surface area contributed by atoms with E-state index in [2.05, 4.69) is 26.2 Å². The molecule has 4 aromatic rings. The number of carbonyl (C=O) groups is 1. The molecular weight excluding hydrogens is 439 g/mol. The van der Waals surface area contributed by atoms with Crippen molar-refractivity contribution in [1.29, 1.82) is 0 Å². The molecule has 0 aliphatic carbocycles. The molecule has 1 N–H and O–H groups in total. The second kappa shape index (κ2) is 7.44. The minimum Gasteiger partial charge on any atom is -0.322 e. The highest BCUT2D eigenvalue weighted by Gasteiger charge is 2.25. The molecule has 0 aliphatic rings. The monoisotopic (exact) mass is 456 g/mol. The molecule has 2 aromatic carbocycles. The van der Waals surface area contributed by atoms with Gasteiger partial charge in [-0.1, -0.05) is 35.0 Å². The molecule has 0 fully saturated rings. The van der Waals surface area contributed by atoms with Crippen LogP contribution in [0.5, 0.6) is 0 Å². The summed E-state index contributed by atoms with van der Waals surface area (Å²) >= 11 is 3.21. The van der Waals surface area contributed by atoms with E-state index < -0.39 is 11.9 Å². The summed E-state index contributed by atoms with van der Waals surface area (Å²) < 4.78 is 18.4. The van der Waals surface area contributed by atoms with Crippen LogP contribution in [-0.4, -0.2) is 20.1 Å². The maximum atomic E-state index is 14.2. The molecule has 148 valence electrons. The zero-order chi connectivity index (χ0) is 20.7. The Morgan fingerprint density at radius 3 is 2.72 bits per heavy atom. The number of rotatable bonds is 4. The molecular formula is C21H18BrFN4O2. The van der Waals surface area contributed by atoms with Gasteiger partial charge in [0.2, 0.25) is 5.91 Å². The van der Waals surface area contributed by atoms with Crippen molar-refractivity contribution in [1.82, 2.24) is 14.2 Å². The van der Waals surface area contributed by atoms with E-state index in [1.807, 2.05) is 35.9 Å². The standard InChI is InChI=1S/C21H18BrFN4O2/c1-3-17(21(29)24-16-9-8-13(22)11-15(16)23)27-18-7-5-4-6-14(18)20-25-19(28)10-12(2)26(20)27/h4-11,17H,3H2,1-2H3,(H,24,29)/t17-/m1/s1. The third-order valence-corrected chi connectivity index (χ3v) is 5.36. The van der Waals surface area contributed by atoms with Gasteiger partial charge >= 0.3 is 0 Å². The van der Waals surface area contributed by atoms with Gasteiger partial charge in [0.05, 0.1) is 11.2 Å². The summed E-state index contributed by atoms with van der Waals surface area (Å²) in [6.45, 7) is 3.68. The van der Waals surface area contributed by atoms with Crippen LogP contribution < -0.4 is 10.9 Å². The summed E-state index contributed by atoms with van der Waals surface area (Å²) in [4.78, 5) is 29.3. The van der Waals surface area contributed by atoms with Crippen molar-refractivity contribution in [3.8, 4) is 0 Å². The van der Waals surface area contributed by atoms with E-state index >= 15 is 0 Å². The second-order valence-electron chi connectivity index (χ2n) is 6.77. The number of nitrogens with zero attached hydrogens (tertiary/aromatic N) is 3. The van der Waals surface area contributed by atoms with Gasteiger partial charge in [-0.25, -0.2) is 8.91 Å². The van der Waals surface area contributed by atoms with E-state index in [0.717, 1.165) is 10.9 Å². The normalized spacial score (nSPS) is 12.4. The fraction of sp³-hybridized carbons (Fsp3) is 0.190. The van der Waals surface area contributed by atoms with E-state index in [0.29, 0.717) is 22.2 Å². The number of halogens is 2. The van der Waals surface area contributed by atoms with Crippen molar-refractivity contribution in [2.24, 2.45) is 0 Å². The van der Waals surface area contributed by atoms with Gasteiger partial charge in [-0.2, -0.15) is 4.98 Å².